The van der Waals surface area contributed by atoms with Gasteiger partial charge in [-0.05, 0) is 57.2 Å². The summed E-state index contributed by atoms with van der Waals surface area (Å²) in [6, 6.07) is 12.6. The van der Waals surface area contributed by atoms with Crippen molar-refractivity contribution in [1.82, 2.24) is 0 Å². The van der Waals surface area contributed by atoms with E-state index in [0.717, 1.165) is 10.6 Å². The molecule has 7 nitrogen and oxygen atoms in total. The summed E-state index contributed by atoms with van der Waals surface area (Å²) in [6.45, 7) is 6.29. The topological polar surface area (TPSA) is 84.9 Å². The minimum Gasteiger partial charge on any atom is -0.494 e. The van der Waals surface area contributed by atoms with Crippen molar-refractivity contribution in [2.24, 2.45) is 0 Å². The van der Waals surface area contributed by atoms with E-state index in [9.17, 15) is 13.2 Å². The molecule has 0 saturated heterocycles. The van der Waals surface area contributed by atoms with Crippen LogP contribution >= 0.6 is 0 Å². The lowest BCUT2D eigenvalue weighted by Crippen LogP contribution is -2.45. The van der Waals surface area contributed by atoms with Crippen LogP contribution in [0.2, 0.25) is 0 Å². The van der Waals surface area contributed by atoms with Crippen LogP contribution in [0.5, 0.6) is 11.5 Å². The number of amides is 1. The van der Waals surface area contributed by atoms with Gasteiger partial charge in [-0.1, -0.05) is 6.07 Å². The summed E-state index contributed by atoms with van der Waals surface area (Å²) < 4.78 is 36.6. The van der Waals surface area contributed by atoms with Gasteiger partial charge in [-0.15, -0.1) is 0 Å². The molecule has 28 heavy (non-hydrogen) atoms. The van der Waals surface area contributed by atoms with E-state index >= 15 is 0 Å². The van der Waals surface area contributed by atoms with Gasteiger partial charge in [0.15, 0.2) is 0 Å². The predicted octanol–water partition coefficient (Wildman–Crippen LogP) is 3.28. The van der Waals surface area contributed by atoms with Crippen molar-refractivity contribution < 1.29 is 22.7 Å². The fourth-order valence-electron chi connectivity index (χ4n) is 2.74. The average molecular weight is 407 g/mol. The Labute approximate surface area is 166 Å². The fourth-order valence-corrected chi connectivity index (χ4v) is 3.92. The van der Waals surface area contributed by atoms with Gasteiger partial charge in [0.1, 0.15) is 17.5 Å². The van der Waals surface area contributed by atoms with Gasteiger partial charge in [0.25, 0.3) is 0 Å². The van der Waals surface area contributed by atoms with Gasteiger partial charge < -0.3 is 14.8 Å². The second kappa shape index (κ2) is 9.45. The second-order valence-corrected chi connectivity index (χ2v) is 7.97. The first-order valence-corrected chi connectivity index (χ1v) is 10.9. The monoisotopic (exact) mass is 406 g/mol. The summed E-state index contributed by atoms with van der Waals surface area (Å²) in [6.07, 6.45) is 1.07. The molecule has 0 aliphatic rings. The number of carbonyl (C=O) groups is 1. The average Bonchev–Trinajstić information content (AvgIpc) is 2.63. The molecule has 0 bridgehead atoms. The number of carbonyl (C=O) groups excluding carboxylic acids is 1. The summed E-state index contributed by atoms with van der Waals surface area (Å²) in [7, 11) is -3.69. The molecule has 0 fully saturated rings. The van der Waals surface area contributed by atoms with Gasteiger partial charge in [-0.3, -0.25) is 9.10 Å². The molecule has 2 aromatic carbocycles. The molecule has 0 spiro atoms. The first-order chi connectivity index (χ1) is 13.3. The molecule has 2 aromatic rings. The maximum absolute atomic E-state index is 12.7. The lowest BCUT2D eigenvalue weighted by Gasteiger charge is -2.28. The maximum Gasteiger partial charge on any atom is 0.247 e. The summed E-state index contributed by atoms with van der Waals surface area (Å²) in [5.41, 5.74) is 0.916. The third-order valence-electron chi connectivity index (χ3n) is 3.90. The third-order valence-corrected chi connectivity index (χ3v) is 5.14. The quantitative estimate of drug-likeness (QED) is 0.691. The smallest absolute Gasteiger partial charge is 0.247 e. The Hall–Kier alpha value is -2.74. The van der Waals surface area contributed by atoms with E-state index in [-0.39, 0.29) is 0 Å². The second-order valence-electron chi connectivity index (χ2n) is 6.11. The molecular weight excluding hydrogens is 380 g/mol. The highest BCUT2D eigenvalue weighted by Gasteiger charge is 2.29. The summed E-state index contributed by atoms with van der Waals surface area (Å²) in [5.74, 6) is 0.803. The van der Waals surface area contributed by atoms with Gasteiger partial charge in [0, 0.05) is 11.8 Å². The zero-order chi connectivity index (χ0) is 20.7. The van der Waals surface area contributed by atoms with Crippen molar-refractivity contribution in [2.45, 2.75) is 26.8 Å². The van der Waals surface area contributed by atoms with Crippen LogP contribution in [0.3, 0.4) is 0 Å². The maximum atomic E-state index is 12.7. The van der Waals surface area contributed by atoms with E-state index < -0.39 is 22.0 Å². The number of anilines is 2. The Bertz CT molecular complexity index is 897. The normalized spacial score (nSPS) is 12.1. The van der Waals surface area contributed by atoms with E-state index in [4.69, 9.17) is 9.47 Å². The molecule has 0 aromatic heterocycles. The van der Waals surface area contributed by atoms with Gasteiger partial charge in [0.05, 0.1) is 25.2 Å². The Morgan fingerprint density at radius 2 is 1.64 bits per heavy atom. The first-order valence-electron chi connectivity index (χ1n) is 9.02. The zero-order valence-corrected chi connectivity index (χ0v) is 17.3. The molecule has 2 rings (SSSR count). The van der Waals surface area contributed by atoms with Crippen LogP contribution in [0.1, 0.15) is 20.8 Å². The van der Waals surface area contributed by atoms with E-state index in [2.05, 4.69) is 5.32 Å². The van der Waals surface area contributed by atoms with Crippen LogP contribution in [0.15, 0.2) is 48.5 Å². The Morgan fingerprint density at radius 1 is 1.04 bits per heavy atom. The van der Waals surface area contributed by atoms with Gasteiger partial charge in [-0.25, -0.2) is 8.42 Å². The zero-order valence-electron chi connectivity index (χ0n) is 16.5. The molecule has 0 unspecified atom stereocenters. The molecule has 8 heteroatoms. The van der Waals surface area contributed by atoms with E-state index in [1.807, 2.05) is 13.8 Å². The molecule has 1 atom stereocenters. The molecular formula is C20H26N2O5S. The fraction of sp³-hybridized carbons (Fsp3) is 0.350. The van der Waals surface area contributed by atoms with Crippen LogP contribution < -0.4 is 19.1 Å². The lowest BCUT2D eigenvalue weighted by atomic mass is 10.2. The molecule has 0 radical (unpaired) electrons. The van der Waals surface area contributed by atoms with Crippen LogP contribution in [0.25, 0.3) is 0 Å². The lowest BCUT2D eigenvalue weighted by molar-refractivity contribution is -0.116. The SMILES string of the molecule is CCOc1ccc(N([C@H](C)C(=O)Nc2cccc(OCC)c2)S(C)(=O)=O)cc1. The Kier molecular flexibility index (Phi) is 7.28. The van der Waals surface area contributed by atoms with E-state index in [1.165, 1.54) is 0 Å². The van der Waals surface area contributed by atoms with Crippen molar-refractivity contribution in [3.8, 4) is 11.5 Å². The Morgan fingerprint density at radius 3 is 2.21 bits per heavy atom. The number of ether oxygens (including phenoxy) is 2. The highest BCUT2D eigenvalue weighted by Crippen LogP contribution is 2.25. The molecule has 0 aliphatic carbocycles. The van der Waals surface area contributed by atoms with Crippen molar-refractivity contribution >= 4 is 27.3 Å². The molecule has 0 saturated carbocycles. The minimum absolute atomic E-state index is 0.386. The van der Waals surface area contributed by atoms with Crippen molar-refractivity contribution in [2.75, 3.05) is 29.1 Å². The number of sulfonamides is 1. The third kappa shape index (κ3) is 5.63. The van der Waals surface area contributed by atoms with Crippen LogP contribution in [0.4, 0.5) is 11.4 Å². The molecule has 1 N–H and O–H groups in total. The van der Waals surface area contributed by atoms with E-state index in [0.29, 0.717) is 36.1 Å². The largest absolute Gasteiger partial charge is 0.494 e. The summed E-state index contributed by atoms with van der Waals surface area (Å²) in [5, 5.41) is 2.74. The molecule has 152 valence electrons. The number of benzene rings is 2. The number of nitrogens with one attached hydrogen (secondary N) is 1. The summed E-state index contributed by atoms with van der Waals surface area (Å²) in [4.78, 5) is 12.7. The van der Waals surface area contributed by atoms with Crippen molar-refractivity contribution in [3.05, 3.63) is 48.5 Å². The van der Waals surface area contributed by atoms with Gasteiger partial charge in [0.2, 0.25) is 15.9 Å². The highest BCUT2D eigenvalue weighted by molar-refractivity contribution is 7.92. The van der Waals surface area contributed by atoms with Crippen LogP contribution in [-0.4, -0.2) is 39.8 Å². The van der Waals surface area contributed by atoms with Crippen LogP contribution in [-0.2, 0) is 14.8 Å². The van der Waals surface area contributed by atoms with Crippen molar-refractivity contribution in [1.29, 1.82) is 0 Å². The van der Waals surface area contributed by atoms with Gasteiger partial charge in [-0.2, -0.15) is 0 Å². The predicted molar refractivity (Wildman–Crippen MR) is 111 cm³/mol. The standard InChI is InChI=1S/C20H26N2O5S/c1-5-26-18-12-10-17(11-13-18)22(28(4,24)25)15(3)20(23)21-16-8-7-9-19(14-16)27-6-2/h7-15H,5-6H2,1-4H3,(H,21,23)/t15-/m1/s1. The number of hydrogen-bond donors (Lipinski definition) is 1. The Balaban J connectivity index is 2.24. The number of nitrogens with zero attached hydrogens (tertiary/aromatic N) is 1. The first kappa shape index (κ1) is 21.6. The minimum atomic E-state index is -3.69. The summed E-state index contributed by atoms with van der Waals surface area (Å²) >= 11 is 0. The van der Waals surface area contributed by atoms with Crippen LogP contribution in [0, 0.1) is 0 Å². The number of rotatable bonds is 9. The van der Waals surface area contributed by atoms with Crippen molar-refractivity contribution in [3.63, 3.8) is 0 Å². The number of hydrogen-bond acceptors (Lipinski definition) is 5. The molecule has 1 amide bonds. The van der Waals surface area contributed by atoms with E-state index in [1.54, 1.807) is 55.5 Å². The van der Waals surface area contributed by atoms with Gasteiger partial charge >= 0.3 is 0 Å². The molecule has 0 aliphatic heterocycles. The highest BCUT2D eigenvalue weighted by atomic mass is 32.2. The molecule has 0 heterocycles.